The van der Waals surface area contributed by atoms with E-state index >= 15 is 0 Å². The van der Waals surface area contributed by atoms with Gasteiger partial charge in [0.15, 0.2) is 11.9 Å². The molecule has 0 aliphatic carbocycles. The molecule has 0 bridgehead atoms. The standard InChI is InChI=1S/C38H50N10O5/c1-23-18-28(8-4-16-43-37(39)40)34(51)47-30(9-5-17-44-38(41)42)36(53)48-32(21-25-10-13-26-6-2-3-7-27(26)19-25)35(52)45-22-33(50)46-31(23)20-24-11-14-29(49)15-12-24/h2-3,6-7,10-15,18-19,28,30-32,49H,4-5,8-9,16-17,20-22H2,1H3,(H,45,52)(H,46,50)(H,47,51)(H,48,53)(H4,39,40,43)(H4,41,42,44)/b23-18-/t28-,30-,31+,32-/m0/s1. The number of phenols is 1. The molecule has 15 nitrogen and oxygen atoms in total. The average molecular weight is 727 g/mol. The molecule has 282 valence electrons. The highest BCUT2D eigenvalue weighted by Crippen LogP contribution is 2.20. The number of amides is 4. The summed E-state index contributed by atoms with van der Waals surface area (Å²) in [6.45, 7) is 1.94. The number of guanidine groups is 2. The van der Waals surface area contributed by atoms with E-state index < -0.39 is 47.7 Å². The van der Waals surface area contributed by atoms with Gasteiger partial charge in [-0.3, -0.25) is 29.2 Å². The normalized spacial score (nSPS) is 21.0. The van der Waals surface area contributed by atoms with Gasteiger partial charge < -0.3 is 49.3 Å². The van der Waals surface area contributed by atoms with Gasteiger partial charge in [0, 0.05) is 19.5 Å². The molecule has 0 radical (unpaired) electrons. The lowest BCUT2D eigenvalue weighted by atomic mass is 9.93. The average Bonchev–Trinajstić information content (AvgIpc) is 3.12. The largest absolute Gasteiger partial charge is 0.508 e. The van der Waals surface area contributed by atoms with E-state index in [1.165, 1.54) is 0 Å². The fourth-order valence-corrected chi connectivity index (χ4v) is 6.11. The number of carbonyl (C=O) groups is 4. The first kappa shape index (κ1) is 39.7. The number of hydrogen-bond donors (Lipinski definition) is 9. The smallest absolute Gasteiger partial charge is 0.243 e. The molecule has 3 aromatic rings. The summed E-state index contributed by atoms with van der Waals surface area (Å²) in [5, 5.41) is 23.2. The molecule has 0 saturated heterocycles. The van der Waals surface area contributed by atoms with Crippen molar-refractivity contribution >= 4 is 46.3 Å². The summed E-state index contributed by atoms with van der Waals surface area (Å²) in [6.07, 6.45) is 3.53. The lowest BCUT2D eigenvalue weighted by Gasteiger charge is -2.25. The topological polar surface area (TPSA) is 265 Å². The van der Waals surface area contributed by atoms with E-state index in [1.54, 1.807) is 37.3 Å². The van der Waals surface area contributed by atoms with Crippen LogP contribution in [0, 0.1) is 5.92 Å². The predicted octanol–water partition coefficient (Wildman–Crippen LogP) is 0.585. The Hall–Kier alpha value is -6.12. The monoisotopic (exact) mass is 726 g/mol. The van der Waals surface area contributed by atoms with E-state index in [0.717, 1.165) is 21.9 Å². The number of aromatic hydroxyl groups is 1. The molecule has 0 saturated carbocycles. The minimum absolute atomic E-state index is 0.0705. The molecule has 0 fully saturated rings. The van der Waals surface area contributed by atoms with Crippen LogP contribution in [0.5, 0.6) is 5.75 Å². The predicted molar refractivity (Wildman–Crippen MR) is 205 cm³/mol. The van der Waals surface area contributed by atoms with Gasteiger partial charge in [-0.1, -0.05) is 66.2 Å². The molecule has 1 aliphatic heterocycles. The van der Waals surface area contributed by atoms with Gasteiger partial charge >= 0.3 is 0 Å². The van der Waals surface area contributed by atoms with Crippen molar-refractivity contribution in [1.29, 1.82) is 0 Å². The van der Waals surface area contributed by atoms with E-state index in [2.05, 4.69) is 31.3 Å². The Kier molecular flexibility index (Phi) is 14.6. The number of nitrogens with zero attached hydrogens (tertiary/aromatic N) is 2. The van der Waals surface area contributed by atoms with E-state index in [4.69, 9.17) is 22.9 Å². The number of aliphatic imine (C=N–C) groups is 2. The zero-order valence-electron chi connectivity index (χ0n) is 29.9. The van der Waals surface area contributed by atoms with E-state index in [-0.39, 0.29) is 50.1 Å². The first-order valence-corrected chi connectivity index (χ1v) is 17.6. The lowest BCUT2D eigenvalue weighted by Crippen LogP contribution is -2.55. The second kappa shape index (κ2) is 19.5. The molecular weight excluding hydrogens is 676 g/mol. The third kappa shape index (κ3) is 12.9. The fraction of sp³-hybridized carbons (Fsp3) is 0.368. The summed E-state index contributed by atoms with van der Waals surface area (Å²) in [7, 11) is 0. The highest BCUT2D eigenvalue weighted by molar-refractivity contribution is 5.94. The van der Waals surface area contributed by atoms with Crippen LogP contribution in [0.25, 0.3) is 10.8 Å². The van der Waals surface area contributed by atoms with Crippen molar-refractivity contribution in [2.24, 2.45) is 38.8 Å². The molecule has 4 atom stereocenters. The molecule has 4 rings (SSSR count). The fourth-order valence-electron chi connectivity index (χ4n) is 6.11. The van der Waals surface area contributed by atoms with Gasteiger partial charge in [0.2, 0.25) is 23.6 Å². The van der Waals surface area contributed by atoms with Crippen molar-refractivity contribution in [3.8, 4) is 5.75 Å². The second-order valence-corrected chi connectivity index (χ2v) is 13.1. The van der Waals surface area contributed by atoms with Crippen LogP contribution in [-0.4, -0.2) is 78.4 Å². The van der Waals surface area contributed by atoms with E-state index in [1.807, 2.05) is 42.5 Å². The Labute approximate surface area is 308 Å². The first-order valence-electron chi connectivity index (χ1n) is 17.6. The number of nitrogens with one attached hydrogen (secondary N) is 4. The highest BCUT2D eigenvalue weighted by atomic mass is 16.3. The third-order valence-corrected chi connectivity index (χ3v) is 8.92. The van der Waals surface area contributed by atoms with Crippen LogP contribution >= 0.6 is 0 Å². The third-order valence-electron chi connectivity index (χ3n) is 8.92. The first-order chi connectivity index (χ1) is 25.4. The Bertz CT molecular complexity index is 1830. The highest BCUT2D eigenvalue weighted by Gasteiger charge is 2.30. The molecule has 1 aliphatic rings. The summed E-state index contributed by atoms with van der Waals surface area (Å²) >= 11 is 0. The van der Waals surface area contributed by atoms with Crippen LogP contribution in [0.15, 0.2) is 88.4 Å². The number of phenolic OH excluding ortho intramolecular Hbond substituents is 1. The van der Waals surface area contributed by atoms with Crippen molar-refractivity contribution in [3.63, 3.8) is 0 Å². The van der Waals surface area contributed by atoms with Crippen molar-refractivity contribution in [2.75, 3.05) is 19.6 Å². The van der Waals surface area contributed by atoms with Crippen LogP contribution in [0.3, 0.4) is 0 Å². The number of rotatable bonds is 12. The number of fused-ring (bicyclic) bond motifs is 1. The summed E-state index contributed by atoms with van der Waals surface area (Å²) in [4.78, 5) is 63.2. The molecule has 15 heteroatoms. The molecule has 0 aromatic heterocycles. The maximum Gasteiger partial charge on any atom is 0.243 e. The van der Waals surface area contributed by atoms with Crippen LogP contribution in [0.2, 0.25) is 0 Å². The van der Waals surface area contributed by atoms with Gasteiger partial charge in [-0.15, -0.1) is 0 Å². The van der Waals surface area contributed by atoms with Crippen molar-refractivity contribution in [3.05, 3.63) is 89.5 Å². The molecule has 13 N–H and O–H groups in total. The summed E-state index contributed by atoms with van der Waals surface area (Å²) in [6, 6.07) is 17.4. The zero-order valence-corrected chi connectivity index (χ0v) is 29.9. The Morgan fingerprint density at radius 1 is 0.698 bits per heavy atom. The van der Waals surface area contributed by atoms with Crippen molar-refractivity contribution in [1.82, 2.24) is 21.3 Å². The van der Waals surface area contributed by atoms with E-state index in [9.17, 15) is 24.3 Å². The zero-order chi connectivity index (χ0) is 38.3. The van der Waals surface area contributed by atoms with Gasteiger partial charge in [-0.05, 0) is 73.1 Å². The molecule has 53 heavy (non-hydrogen) atoms. The molecule has 0 unspecified atom stereocenters. The summed E-state index contributed by atoms with van der Waals surface area (Å²) < 4.78 is 0. The quantitative estimate of drug-likeness (QED) is 0.0546. The molecular formula is C38H50N10O5. The Morgan fingerprint density at radius 3 is 1.98 bits per heavy atom. The number of carbonyl (C=O) groups excluding carboxylic acids is 4. The van der Waals surface area contributed by atoms with Gasteiger partial charge in [-0.2, -0.15) is 0 Å². The number of nitrogens with two attached hydrogens (primary N) is 4. The van der Waals surface area contributed by atoms with Gasteiger partial charge in [0.1, 0.15) is 17.8 Å². The molecule has 0 spiro atoms. The summed E-state index contributed by atoms with van der Waals surface area (Å²) in [5.41, 5.74) is 24.3. The van der Waals surface area contributed by atoms with Crippen molar-refractivity contribution < 1.29 is 24.3 Å². The van der Waals surface area contributed by atoms with Crippen LogP contribution in [0.1, 0.15) is 43.7 Å². The maximum absolute atomic E-state index is 14.1. The summed E-state index contributed by atoms with van der Waals surface area (Å²) in [5.74, 6) is -2.85. The molecule has 1 heterocycles. The molecule has 4 amide bonds. The SMILES string of the molecule is C/C1=C/[C@H](CCCN=C(N)N)C(=O)N[C@@H](CCCN=C(N)N)C(=O)N[C@@H](Cc2ccc3ccccc3c2)C(=O)NCC(=O)N[C@@H]1Cc1ccc(O)cc1. The second-order valence-electron chi connectivity index (χ2n) is 13.1. The van der Waals surface area contributed by atoms with Crippen LogP contribution in [-0.2, 0) is 32.0 Å². The Morgan fingerprint density at radius 2 is 1.30 bits per heavy atom. The lowest BCUT2D eigenvalue weighted by molar-refractivity contribution is -0.133. The van der Waals surface area contributed by atoms with Crippen LogP contribution < -0.4 is 44.2 Å². The van der Waals surface area contributed by atoms with Crippen molar-refractivity contribution in [2.45, 2.75) is 63.6 Å². The number of hydrogen-bond acceptors (Lipinski definition) is 7. The van der Waals surface area contributed by atoms with E-state index in [0.29, 0.717) is 31.3 Å². The van der Waals surface area contributed by atoms with Crippen LogP contribution in [0.4, 0.5) is 0 Å². The maximum atomic E-state index is 14.1. The number of benzene rings is 3. The van der Waals surface area contributed by atoms with Gasteiger partial charge in [0.05, 0.1) is 18.5 Å². The van der Waals surface area contributed by atoms with Gasteiger partial charge in [0.25, 0.3) is 0 Å². The molecule has 3 aromatic carbocycles. The van der Waals surface area contributed by atoms with Gasteiger partial charge in [-0.25, -0.2) is 0 Å². The Balaban J connectivity index is 1.70. The minimum Gasteiger partial charge on any atom is -0.508 e. The minimum atomic E-state index is -1.08.